The molecule has 0 aliphatic rings. The van der Waals surface area contributed by atoms with Crippen molar-refractivity contribution in [2.75, 3.05) is 0 Å². The van der Waals surface area contributed by atoms with E-state index in [9.17, 15) is 5.11 Å². The van der Waals surface area contributed by atoms with Gasteiger partial charge in [-0.25, -0.2) is 4.68 Å². The fourth-order valence-corrected chi connectivity index (χ4v) is 1.93. The van der Waals surface area contributed by atoms with Crippen LogP contribution in [0.4, 0.5) is 0 Å². The monoisotopic (exact) mass is 224 g/mol. The lowest BCUT2D eigenvalue weighted by molar-refractivity contribution is 0.387. The minimum atomic E-state index is 0.327. The van der Waals surface area contributed by atoms with Gasteiger partial charge in [-0.05, 0) is 18.3 Å². The molecule has 1 aromatic heterocycles. The molecular formula is C13H24N2O. The van der Waals surface area contributed by atoms with Gasteiger partial charge in [0.1, 0.15) is 0 Å². The maximum Gasteiger partial charge on any atom is 0.213 e. The molecule has 0 radical (unpaired) electrons. The van der Waals surface area contributed by atoms with Crippen molar-refractivity contribution >= 4 is 0 Å². The average molecular weight is 224 g/mol. The summed E-state index contributed by atoms with van der Waals surface area (Å²) in [5.41, 5.74) is 2.06. The van der Waals surface area contributed by atoms with Gasteiger partial charge in [-0.3, -0.25) is 0 Å². The molecule has 3 heteroatoms. The lowest BCUT2D eigenvalue weighted by Gasteiger charge is -2.08. The molecule has 0 fully saturated rings. The van der Waals surface area contributed by atoms with Gasteiger partial charge in [0.2, 0.25) is 5.88 Å². The van der Waals surface area contributed by atoms with Gasteiger partial charge in [0, 0.05) is 12.1 Å². The van der Waals surface area contributed by atoms with E-state index in [0.29, 0.717) is 17.7 Å². The summed E-state index contributed by atoms with van der Waals surface area (Å²) >= 11 is 0. The number of hydrogen-bond acceptors (Lipinski definition) is 2. The van der Waals surface area contributed by atoms with Crippen molar-refractivity contribution in [3.8, 4) is 5.88 Å². The number of unbranched alkanes of at least 4 members (excludes halogenated alkanes) is 1. The predicted molar refractivity (Wildman–Crippen MR) is 67.0 cm³/mol. The Balaban J connectivity index is 3.09. The van der Waals surface area contributed by atoms with Crippen molar-refractivity contribution in [1.82, 2.24) is 9.78 Å². The molecule has 92 valence electrons. The van der Waals surface area contributed by atoms with Crippen LogP contribution >= 0.6 is 0 Å². The third-order valence-corrected chi connectivity index (χ3v) is 2.84. The van der Waals surface area contributed by atoms with Crippen LogP contribution in [-0.4, -0.2) is 14.9 Å². The number of rotatable bonds is 5. The lowest BCUT2D eigenvalue weighted by Crippen LogP contribution is -2.00. The second kappa shape index (κ2) is 5.37. The average Bonchev–Trinajstić information content (AvgIpc) is 2.53. The molecule has 0 saturated heterocycles. The van der Waals surface area contributed by atoms with Gasteiger partial charge in [-0.1, -0.05) is 41.0 Å². The minimum absolute atomic E-state index is 0.327. The van der Waals surface area contributed by atoms with Gasteiger partial charge in [0.25, 0.3) is 0 Å². The van der Waals surface area contributed by atoms with Crippen molar-refractivity contribution in [1.29, 1.82) is 0 Å². The first-order valence-electron chi connectivity index (χ1n) is 6.28. The summed E-state index contributed by atoms with van der Waals surface area (Å²) in [5, 5.41) is 14.7. The number of nitrogens with zero attached hydrogens (tertiary/aromatic N) is 2. The van der Waals surface area contributed by atoms with E-state index in [1.165, 1.54) is 0 Å². The van der Waals surface area contributed by atoms with Crippen molar-refractivity contribution in [2.24, 2.45) is 0 Å². The highest BCUT2D eigenvalue weighted by Crippen LogP contribution is 2.33. The van der Waals surface area contributed by atoms with Crippen molar-refractivity contribution in [3.05, 3.63) is 11.3 Å². The second-order valence-electron chi connectivity index (χ2n) is 5.01. The largest absolute Gasteiger partial charge is 0.493 e. The normalized spacial score (nSPS) is 11.7. The van der Waals surface area contributed by atoms with Crippen LogP contribution in [-0.2, 0) is 6.54 Å². The predicted octanol–water partition coefficient (Wildman–Crippen LogP) is 3.64. The number of aromatic hydroxyl groups is 1. The molecule has 3 nitrogen and oxygen atoms in total. The van der Waals surface area contributed by atoms with E-state index in [-0.39, 0.29) is 0 Å². The van der Waals surface area contributed by atoms with Crippen molar-refractivity contribution in [3.63, 3.8) is 0 Å². The lowest BCUT2D eigenvalue weighted by atomic mass is 9.97. The van der Waals surface area contributed by atoms with Crippen LogP contribution in [0.3, 0.4) is 0 Å². The fraction of sp³-hybridized carbons (Fsp3) is 0.769. The molecule has 16 heavy (non-hydrogen) atoms. The highest BCUT2D eigenvalue weighted by atomic mass is 16.3. The molecule has 0 aliphatic heterocycles. The van der Waals surface area contributed by atoms with E-state index in [2.05, 4.69) is 39.7 Å². The summed E-state index contributed by atoms with van der Waals surface area (Å²) in [6.07, 6.45) is 2.18. The molecular weight excluding hydrogens is 200 g/mol. The zero-order valence-corrected chi connectivity index (χ0v) is 11.1. The third kappa shape index (κ3) is 2.57. The van der Waals surface area contributed by atoms with E-state index >= 15 is 0 Å². The quantitative estimate of drug-likeness (QED) is 0.829. The van der Waals surface area contributed by atoms with Crippen LogP contribution in [0.25, 0.3) is 0 Å². The minimum Gasteiger partial charge on any atom is -0.493 e. The van der Waals surface area contributed by atoms with E-state index in [0.717, 1.165) is 30.6 Å². The van der Waals surface area contributed by atoms with Crippen LogP contribution in [0.1, 0.15) is 70.6 Å². The maximum absolute atomic E-state index is 10.2. The summed E-state index contributed by atoms with van der Waals surface area (Å²) in [4.78, 5) is 0. The SMILES string of the molecule is CCCCn1nc(C(C)C)c(C(C)C)c1O. The number of aryl methyl sites for hydroxylation is 1. The van der Waals surface area contributed by atoms with E-state index in [1.807, 2.05) is 0 Å². The van der Waals surface area contributed by atoms with E-state index < -0.39 is 0 Å². The van der Waals surface area contributed by atoms with Crippen LogP contribution in [0.2, 0.25) is 0 Å². The molecule has 1 rings (SSSR count). The molecule has 0 aliphatic carbocycles. The van der Waals surface area contributed by atoms with Crippen molar-refractivity contribution < 1.29 is 5.11 Å². The summed E-state index contributed by atoms with van der Waals surface area (Å²) in [5.74, 6) is 1.06. The summed E-state index contributed by atoms with van der Waals surface area (Å²) in [6.45, 7) is 11.4. The number of hydrogen-bond donors (Lipinski definition) is 1. The molecule has 0 saturated carbocycles. The molecule has 0 atom stereocenters. The van der Waals surface area contributed by atoms with Gasteiger partial charge in [0.15, 0.2) is 0 Å². The van der Waals surface area contributed by atoms with Gasteiger partial charge >= 0.3 is 0 Å². The summed E-state index contributed by atoms with van der Waals surface area (Å²) in [7, 11) is 0. The summed E-state index contributed by atoms with van der Waals surface area (Å²) in [6, 6.07) is 0. The highest BCUT2D eigenvalue weighted by Gasteiger charge is 2.21. The molecule has 0 bridgehead atoms. The standard InChI is InChI=1S/C13H24N2O/c1-6-7-8-15-13(16)11(9(2)3)12(14-15)10(4)5/h9-10,16H,6-8H2,1-5H3. The van der Waals surface area contributed by atoms with Crippen molar-refractivity contribution in [2.45, 2.75) is 65.8 Å². The Morgan fingerprint density at radius 2 is 1.81 bits per heavy atom. The topological polar surface area (TPSA) is 38.0 Å². The Morgan fingerprint density at radius 1 is 1.19 bits per heavy atom. The molecule has 0 amide bonds. The van der Waals surface area contributed by atoms with Gasteiger partial charge in [0.05, 0.1) is 5.69 Å². The molecule has 1 aromatic rings. The molecule has 0 unspecified atom stereocenters. The smallest absolute Gasteiger partial charge is 0.213 e. The van der Waals surface area contributed by atoms with E-state index in [4.69, 9.17) is 0 Å². The first kappa shape index (κ1) is 13.1. The Hall–Kier alpha value is -0.990. The van der Waals surface area contributed by atoms with Gasteiger partial charge < -0.3 is 5.11 Å². The van der Waals surface area contributed by atoms with Crippen LogP contribution in [0.15, 0.2) is 0 Å². The second-order valence-corrected chi connectivity index (χ2v) is 5.01. The van der Waals surface area contributed by atoms with E-state index in [1.54, 1.807) is 4.68 Å². The molecule has 1 heterocycles. The zero-order valence-electron chi connectivity index (χ0n) is 11.1. The molecule has 0 spiro atoms. The molecule has 1 N–H and O–H groups in total. The fourth-order valence-electron chi connectivity index (χ4n) is 1.93. The van der Waals surface area contributed by atoms with Crippen LogP contribution < -0.4 is 0 Å². The maximum atomic E-state index is 10.2. The summed E-state index contributed by atoms with van der Waals surface area (Å²) < 4.78 is 1.76. The Kier molecular flexibility index (Phi) is 4.39. The van der Waals surface area contributed by atoms with Crippen LogP contribution in [0.5, 0.6) is 5.88 Å². The first-order chi connectivity index (χ1) is 7.49. The Bertz CT molecular complexity index is 340. The zero-order chi connectivity index (χ0) is 12.3. The van der Waals surface area contributed by atoms with Crippen LogP contribution in [0, 0.1) is 0 Å². The van der Waals surface area contributed by atoms with Gasteiger partial charge in [-0.2, -0.15) is 5.10 Å². The number of aromatic nitrogens is 2. The Morgan fingerprint density at radius 3 is 2.19 bits per heavy atom. The van der Waals surface area contributed by atoms with Gasteiger partial charge in [-0.15, -0.1) is 0 Å². The first-order valence-corrected chi connectivity index (χ1v) is 6.28. The molecule has 0 aromatic carbocycles. The third-order valence-electron chi connectivity index (χ3n) is 2.84. The highest BCUT2D eigenvalue weighted by molar-refractivity contribution is 5.35. The Labute approximate surface area is 98.5 Å².